The van der Waals surface area contributed by atoms with E-state index in [1.165, 1.54) is 21.7 Å². The lowest BCUT2D eigenvalue weighted by Crippen LogP contribution is -2.49. The average molecular weight is 394 g/mol. The van der Waals surface area contributed by atoms with Gasteiger partial charge < -0.3 is 14.5 Å². The van der Waals surface area contributed by atoms with E-state index in [0.29, 0.717) is 37.6 Å². The summed E-state index contributed by atoms with van der Waals surface area (Å²) in [5.41, 5.74) is 5.16. The molecule has 2 saturated heterocycles. The number of hydrogen-bond donors (Lipinski definition) is 0. The fourth-order valence-electron chi connectivity index (χ4n) is 4.00. The van der Waals surface area contributed by atoms with Gasteiger partial charge in [-0.05, 0) is 44.0 Å². The van der Waals surface area contributed by atoms with Gasteiger partial charge in [-0.25, -0.2) is 9.78 Å². The summed E-state index contributed by atoms with van der Waals surface area (Å²) < 4.78 is 4.96. The van der Waals surface area contributed by atoms with E-state index < -0.39 is 6.09 Å². The molecule has 2 amide bonds. The summed E-state index contributed by atoms with van der Waals surface area (Å²) in [4.78, 5) is 34.8. The molecule has 7 nitrogen and oxygen atoms in total. The van der Waals surface area contributed by atoms with E-state index in [1.807, 2.05) is 11.8 Å². The minimum atomic E-state index is -0.390. The van der Waals surface area contributed by atoms with Gasteiger partial charge in [0.15, 0.2) is 0 Å². The fraction of sp³-hybridized carbons (Fsp3) is 0.409. The van der Waals surface area contributed by atoms with Gasteiger partial charge in [-0.2, -0.15) is 0 Å². The van der Waals surface area contributed by atoms with Crippen molar-refractivity contribution in [1.82, 2.24) is 9.88 Å². The first-order valence-corrected chi connectivity index (χ1v) is 9.96. The van der Waals surface area contributed by atoms with Crippen LogP contribution in [0.25, 0.3) is 0 Å². The van der Waals surface area contributed by atoms with Gasteiger partial charge in [0.25, 0.3) is 5.91 Å². The molecule has 2 aliphatic rings. The molecule has 4 rings (SSSR count). The highest BCUT2D eigenvalue weighted by Crippen LogP contribution is 2.24. The van der Waals surface area contributed by atoms with Crippen molar-refractivity contribution in [3.8, 4) is 0 Å². The molecule has 1 aromatic heterocycles. The maximum Gasteiger partial charge on any atom is 0.415 e. The van der Waals surface area contributed by atoms with Gasteiger partial charge >= 0.3 is 6.09 Å². The number of aryl methyl sites for hydroxylation is 3. The molecule has 3 heterocycles. The summed E-state index contributed by atoms with van der Waals surface area (Å²) in [6.45, 7) is 9.92. The summed E-state index contributed by atoms with van der Waals surface area (Å²) >= 11 is 0. The molecule has 2 aromatic rings. The molecule has 0 spiro atoms. The second-order valence-electron chi connectivity index (χ2n) is 7.69. The van der Waals surface area contributed by atoms with Crippen LogP contribution in [0.5, 0.6) is 0 Å². The van der Waals surface area contributed by atoms with Crippen molar-refractivity contribution in [3.63, 3.8) is 0 Å². The number of carbonyl (C=O) groups excluding carboxylic acids is 2. The molecule has 152 valence electrons. The van der Waals surface area contributed by atoms with Crippen molar-refractivity contribution in [2.45, 2.75) is 20.8 Å². The number of anilines is 2. The third kappa shape index (κ3) is 3.77. The van der Waals surface area contributed by atoms with E-state index in [0.717, 1.165) is 18.7 Å². The lowest BCUT2D eigenvalue weighted by molar-refractivity contribution is 0.0745. The van der Waals surface area contributed by atoms with Gasteiger partial charge in [-0.15, -0.1) is 0 Å². The Labute approximate surface area is 170 Å². The van der Waals surface area contributed by atoms with Crippen LogP contribution in [0.1, 0.15) is 27.0 Å². The molecule has 0 saturated carbocycles. The summed E-state index contributed by atoms with van der Waals surface area (Å²) in [5, 5.41) is 0. The third-order valence-corrected chi connectivity index (χ3v) is 5.62. The number of amides is 2. The van der Waals surface area contributed by atoms with Crippen LogP contribution in [-0.4, -0.2) is 61.2 Å². The predicted molar refractivity (Wildman–Crippen MR) is 112 cm³/mol. The first kappa shape index (κ1) is 19.2. The van der Waals surface area contributed by atoms with Crippen molar-refractivity contribution in [1.29, 1.82) is 0 Å². The topological polar surface area (TPSA) is 66.0 Å². The van der Waals surface area contributed by atoms with Crippen molar-refractivity contribution in [2.75, 3.05) is 49.1 Å². The van der Waals surface area contributed by atoms with E-state index in [-0.39, 0.29) is 5.91 Å². The Morgan fingerprint density at radius 3 is 2.38 bits per heavy atom. The van der Waals surface area contributed by atoms with Crippen molar-refractivity contribution in [2.24, 2.45) is 0 Å². The number of piperazine rings is 1. The van der Waals surface area contributed by atoms with Gasteiger partial charge in [-0.1, -0.05) is 17.7 Å². The number of pyridine rings is 1. The zero-order valence-electron chi connectivity index (χ0n) is 17.1. The van der Waals surface area contributed by atoms with Crippen LogP contribution in [-0.2, 0) is 4.74 Å². The SMILES string of the molecule is Cc1ccc(N2CCN(C(=O)c3cnc(N4CCOC4=O)cc3C)CC2)c(C)c1. The Morgan fingerprint density at radius 1 is 1.00 bits per heavy atom. The standard InChI is InChI=1S/C22H26N4O3/c1-15-4-5-19(17(3)12-15)24-6-8-25(9-7-24)21(27)18-14-23-20(13-16(18)2)26-10-11-29-22(26)28/h4-5,12-14H,6-11H2,1-3H3. The summed E-state index contributed by atoms with van der Waals surface area (Å²) in [6, 6.07) is 8.27. The molecule has 2 fully saturated rings. The Balaban J connectivity index is 1.43. The number of carbonyl (C=O) groups is 2. The van der Waals surface area contributed by atoms with Crippen LogP contribution in [0.3, 0.4) is 0 Å². The molecule has 0 atom stereocenters. The third-order valence-electron chi connectivity index (χ3n) is 5.62. The minimum absolute atomic E-state index is 0.00849. The van der Waals surface area contributed by atoms with E-state index in [1.54, 1.807) is 12.3 Å². The normalized spacial score (nSPS) is 16.9. The number of ether oxygens (including phenoxy) is 1. The van der Waals surface area contributed by atoms with Crippen molar-refractivity contribution < 1.29 is 14.3 Å². The van der Waals surface area contributed by atoms with Crippen LogP contribution in [0.2, 0.25) is 0 Å². The molecular weight excluding hydrogens is 368 g/mol. The van der Waals surface area contributed by atoms with Crippen LogP contribution >= 0.6 is 0 Å². The number of hydrogen-bond acceptors (Lipinski definition) is 5. The van der Waals surface area contributed by atoms with Crippen molar-refractivity contribution >= 4 is 23.5 Å². The summed E-state index contributed by atoms with van der Waals surface area (Å²) in [5.74, 6) is 0.520. The first-order valence-electron chi connectivity index (χ1n) is 9.96. The van der Waals surface area contributed by atoms with Gasteiger partial charge in [0, 0.05) is 38.1 Å². The van der Waals surface area contributed by atoms with E-state index in [2.05, 4.69) is 41.9 Å². The Hall–Kier alpha value is -3.09. The monoisotopic (exact) mass is 394 g/mol. The van der Waals surface area contributed by atoms with Crippen LogP contribution in [0.15, 0.2) is 30.5 Å². The highest BCUT2D eigenvalue weighted by molar-refractivity contribution is 5.96. The Morgan fingerprint density at radius 2 is 1.76 bits per heavy atom. The van der Waals surface area contributed by atoms with Gasteiger partial charge in [-0.3, -0.25) is 9.69 Å². The molecule has 0 aliphatic carbocycles. The second kappa shape index (κ2) is 7.73. The average Bonchev–Trinajstić information content (AvgIpc) is 3.13. The molecule has 2 aliphatic heterocycles. The smallest absolute Gasteiger partial charge is 0.415 e. The highest BCUT2D eigenvalue weighted by atomic mass is 16.6. The van der Waals surface area contributed by atoms with Crippen LogP contribution < -0.4 is 9.80 Å². The lowest BCUT2D eigenvalue weighted by atomic mass is 10.1. The number of cyclic esters (lactones) is 1. The number of aromatic nitrogens is 1. The number of rotatable bonds is 3. The summed E-state index contributed by atoms with van der Waals surface area (Å²) in [7, 11) is 0. The molecule has 7 heteroatoms. The minimum Gasteiger partial charge on any atom is -0.447 e. The first-order chi connectivity index (χ1) is 13.9. The predicted octanol–water partition coefficient (Wildman–Crippen LogP) is 2.93. The van der Waals surface area contributed by atoms with Crippen molar-refractivity contribution in [3.05, 3.63) is 52.7 Å². The maximum atomic E-state index is 13.0. The Bertz CT molecular complexity index is 951. The van der Waals surface area contributed by atoms with E-state index in [4.69, 9.17) is 4.74 Å². The van der Waals surface area contributed by atoms with E-state index in [9.17, 15) is 9.59 Å². The molecule has 0 radical (unpaired) electrons. The maximum absolute atomic E-state index is 13.0. The second-order valence-corrected chi connectivity index (χ2v) is 7.69. The Kier molecular flexibility index (Phi) is 5.13. The van der Waals surface area contributed by atoms with Gasteiger partial charge in [0.2, 0.25) is 0 Å². The highest BCUT2D eigenvalue weighted by Gasteiger charge is 2.27. The molecule has 1 aromatic carbocycles. The van der Waals surface area contributed by atoms with Crippen LogP contribution in [0, 0.1) is 20.8 Å². The largest absolute Gasteiger partial charge is 0.447 e. The zero-order chi connectivity index (χ0) is 20.5. The molecule has 0 unspecified atom stereocenters. The molecule has 0 N–H and O–H groups in total. The van der Waals surface area contributed by atoms with Crippen LogP contribution in [0.4, 0.5) is 16.3 Å². The quantitative estimate of drug-likeness (QED) is 0.801. The summed E-state index contributed by atoms with van der Waals surface area (Å²) in [6.07, 6.45) is 1.19. The van der Waals surface area contributed by atoms with Gasteiger partial charge in [0.1, 0.15) is 12.4 Å². The molecular formula is C22H26N4O3. The van der Waals surface area contributed by atoms with E-state index >= 15 is 0 Å². The fourth-order valence-corrected chi connectivity index (χ4v) is 4.00. The molecule has 29 heavy (non-hydrogen) atoms. The zero-order valence-corrected chi connectivity index (χ0v) is 17.1. The lowest BCUT2D eigenvalue weighted by Gasteiger charge is -2.37. The molecule has 0 bridgehead atoms. The number of nitrogens with zero attached hydrogens (tertiary/aromatic N) is 4. The van der Waals surface area contributed by atoms with Gasteiger partial charge in [0.05, 0.1) is 12.1 Å². The number of benzene rings is 1.